The second-order valence-electron chi connectivity index (χ2n) is 4.25. The van der Waals surface area contributed by atoms with E-state index >= 15 is 0 Å². The van der Waals surface area contributed by atoms with Crippen LogP contribution in [0.1, 0.15) is 22.8 Å². The van der Waals surface area contributed by atoms with Gasteiger partial charge in [0.05, 0.1) is 10.6 Å². The fourth-order valence-corrected chi connectivity index (χ4v) is 1.97. The second-order valence-corrected chi connectivity index (χ2v) is 4.66. The van der Waals surface area contributed by atoms with E-state index in [1.54, 1.807) is 6.07 Å². The first-order chi connectivity index (χ1) is 9.70. The van der Waals surface area contributed by atoms with Crippen molar-refractivity contribution < 1.29 is 4.79 Å². The summed E-state index contributed by atoms with van der Waals surface area (Å²) in [4.78, 5) is 16.1. The highest BCUT2D eigenvalue weighted by Crippen LogP contribution is 2.19. The van der Waals surface area contributed by atoms with Gasteiger partial charge in [0.1, 0.15) is 5.82 Å². The van der Waals surface area contributed by atoms with Gasteiger partial charge in [-0.05, 0) is 18.6 Å². The molecule has 0 aliphatic rings. The molecule has 0 spiro atoms. The van der Waals surface area contributed by atoms with Gasteiger partial charge in [0.2, 0.25) is 0 Å². The Morgan fingerprint density at radius 2 is 2.05 bits per heavy atom. The van der Waals surface area contributed by atoms with E-state index in [1.807, 2.05) is 37.3 Å². The molecule has 0 aliphatic heterocycles. The zero-order chi connectivity index (χ0) is 14.4. The number of anilines is 1. The average Bonchev–Trinajstić information content (AvgIpc) is 2.48. The summed E-state index contributed by atoms with van der Waals surface area (Å²) in [6.45, 7) is 3.16. The maximum absolute atomic E-state index is 12.0. The number of nitrogens with one attached hydrogen (secondary N) is 2. The van der Waals surface area contributed by atoms with Crippen LogP contribution in [0.4, 0.5) is 5.82 Å². The average molecular weight is 290 g/mol. The molecule has 1 aromatic heterocycles. The third-order valence-electron chi connectivity index (χ3n) is 2.74. The molecule has 104 valence electrons. The number of nitrogens with zero attached hydrogens (tertiary/aromatic N) is 1. The van der Waals surface area contributed by atoms with Crippen LogP contribution in [0, 0.1) is 0 Å². The molecule has 0 atom stereocenters. The molecule has 0 saturated heterocycles. The monoisotopic (exact) mass is 289 g/mol. The second kappa shape index (κ2) is 6.91. The molecule has 2 rings (SSSR count). The lowest BCUT2D eigenvalue weighted by Crippen LogP contribution is -2.23. The minimum Gasteiger partial charge on any atom is -0.369 e. The zero-order valence-corrected chi connectivity index (χ0v) is 11.9. The van der Waals surface area contributed by atoms with Crippen molar-refractivity contribution in [2.45, 2.75) is 13.5 Å². The highest BCUT2D eigenvalue weighted by molar-refractivity contribution is 6.33. The van der Waals surface area contributed by atoms with Gasteiger partial charge in [-0.25, -0.2) is 4.98 Å². The molecular weight excluding hydrogens is 274 g/mol. The van der Waals surface area contributed by atoms with Crippen LogP contribution in [0.2, 0.25) is 5.02 Å². The van der Waals surface area contributed by atoms with Gasteiger partial charge in [-0.1, -0.05) is 41.9 Å². The number of amides is 1. The third kappa shape index (κ3) is 3.71. The quantitative estimate of drug-likeness (QED) is 0.889. The summed E-state index contributed by atoms with van der Waals surface area (Å²) < 4.78 is 0. The van der Waals surface area contributed by atoms with Crippen molar-refractivity contribution in [2.24, 2.45) is 0 Å². The van der Waals surface area contributed by atoms with E-state index in [9.17, 15) is 4.79 Å². The van der Waals surface area contributed by atoms with Crippen LogP contribution in [-0.2, 0) is 6.54 Å². The van der Waals surface area contributed by atoms with Crippen LogP contribution < -0.4 is 10.6 Å². The van der Waals surface area contributed by atoms with E-state index in [0.29, 0.717) is 22.9 Å². The molecule has 1 heterocycles. The third-order valence-corrected chi connectivity index (χ3v) is 3.03. The number of aromatic nitrogens is 1. The van der Waals surface area contributed by atoms with Crippen molar-refractivity contribution in [1.82, 2.24) is 10.3 Å². The Balaban J connectivity index is 2.00. The first-order valence-corrected chi connectivity index (χ1v) is 6.80. The molecule has 2 N–H and O–H groups in total. The number of carbonyl (C=O) groups excluding carboxylic acids is 1. The minimum atomic E-state index is -0.189. The van der Waals surface area contributed by atoms with Gasteiger partial charge in [0.15, 0.2) is 0 Å². The summed E-state index contributed by atoms with van der Waals surface area (Å²) >= 11 is 6.06. The van der Waals surface area contributed by atoms with Gasteiger partial charge in [-0.2, -0.15) is 0 Å². The number of hydrogen-bond donors (Lipinski definition) is 2. The molecule has 0 saturated carbocycles. The Morgan fingerprint density at radius 1 is 1.30 bits per heavy atom. The summed E-state index contributed by atoms with van der Waals surface area (Å²) in [6.07, 6.45) is 1.52. The zero-order valence-electron chi connectivity index (χ0n) is 11.2. The molecule has 20 heavy (non-hydrogen) atoms. The van der Waals surface area contributed by atoms with Crippen LogP contribution in [0.5, 0.6) is 0 Å². The predicted octanol–water partition coefficient (Wildman–Crippen LogP) is 3.10. The van der Waals surface area contributed by atoms with Gasteiger partial charge in [-0.15, -0.1) is 0 Å². The number of carbonyl (C=O) groups is 1. The van der Waals surface area contributed by atoms with Crippen LogP contribution >= 0.6 is 11.6 Å². The fraction of sp³-hybridized carbons (Fsp3) is 0.200. The van der Waals surface area contributed by atoms with Gasteiger partial charge in [-0.3, -0.25) is 4.79 Å². The van der Waals surface area contributed by atoms with Crippen molar-refractivity contribution in [1.29, 1.82) is 0 Å². The molecule has 0 unspecified atom stereocenters. The van der Waals surface area contributed by atoms with Gasteiger partial charge in [0.25, 0.3) is 5.91 Å². The highest BCUT2D eigenvalue weighted by atomic mass is 35.5. The lowest BCUT2D eigenvalue weighted by Gasteiger charge is -2.08. The van der Waals surface area contributed by atoms with Crippen LogP contribution in [0.3, 0.4) is 0 Å². The Labute approximate surface area is 123 Å². The van der Waals surface area contributed by atoms with Crippen molar-refractivity contribution in [3.63, 3.8) is 0 Å². The van der Waals surface area contributed by atoms with E-state index < -0.39 is 0 Å². The van der Waals surface area contributed by atoms with Crippen molar-refractivity contribution in [3.8, 4) is 0 Å². The predicted molar refractivity (Wildman–Crippen MR) is 81.0 cm³/mol. The number of halogens is 1. The normalized spacial score (nSPS) is 10.1. The van der Waals surface area contributed by atoms with Crippen molar-refractivity contribution in [2.75, 3.05) is 11.9 Å². The number of benzene rings is 1. The van der Waals surface area contributed by atoms with E-state index in [2.05, 4.69) is 15.6 Å². The molecule has 5 heteroatoms. The first-order valence-electron chi connectivity index (χ1n) is 6.42. The molecule has 1 aromatic carbocycles. The van der Waals surface area contributed by atoms with Crippen LogP contribution in [0.25, 0.3) is 0 Å². The highest BCUT2D eigenvalue weighted by Gasteiger charge is 2.09. The van der Waals surface area contributed by atoms with E-state index in [1.165, 1.54) is 6.20 Å². The summed E-state index contributed by atoms with van der Waals surface area (Å²) in [5.41, 5.74) is 1.50. The van der Waals surface area contributed by atoms with Crippen LogP contribution in [0.15, 0.2) is 42.6 Å². The molecule has 0 radical (unpaired) electrons. The Morgan fingerprint density at radius 3 is 2.70 bits per heavy atom. The standard InChI is InChI=1S/C15H16ClN3O/c1-2-17-14-13(16)8-12(10-18-14)15(20)19-9-11-6-4-3-5-7-11/h3-8,10H,2,9H2,1H3,(H,17,18)(H,19,20). The maximum Gasteiger partial charge on any atom is 0.253 e. The maximum atomic E-state index is 12.0. The number of hydrogen-bond acceptors (Lipinski definition) is 3. The molecule has 4 nitrogen and oxygen atoms in total. The topological polar surface area (TPSA) is 54.0 Å². The van der Waals surface area contributed by atoms with Crippen molar-refractivity contribution in [3.05, 3.63) is 58.7 Å². The Kier molecular flexibility index (Phi) is 4.96. The molecule has 0 aliphatic carbocycles. The first kappa shape index (κ1) is 14.3. The molecule has 1 amide bonds. The minimum absolute atomic E-state index is 0.189. The number of pyridine rings is 1. The summed E-state index contributed by atoms with van der Waals surface area (Å²) in [6, 6.07) is 11.3. The molecule has 0 fully saturated rings. The van der Waals surface area contributed by atoms with Crippen LogP contribution in [-0.4, -0.2) is 17.4 Å². The number of rotatable bonds is 5. The van der Waals surface area contributed by atoms with Gasteiger partial charge < -0.3 is 10.6 Å². The lowest BCUT2D eigenvalue weighted by molar-refractivity contribution is 0.0950. The van der Waals surface area contributed by atoms with E-state index in [0.717, 1.165) is 12.1 Å². The molecule has 0 bridgehead atoms. The van der Waals surface area contributed by atoms with Crippen molar-refractivity contribution >= 4 is 23.3 Å². The summed E-state index contributed by atoms with van der Waals surface area (Å²) in [7, 11) is 0. The fourth-order valence-electron chi connectivity index (χ4n) is 1.74. The van der Waals surface area contributed by atoms with Gasteiger partial charge >= 0.3 is 0 Å². The van der Waals surface area contributed by atoms with E-state index in [-0.39, 0.29) is 5.91 Å². The lowest BCUT2D eigenvalue weighted by atomic mass is 10.2. The SMILES string of the molecule is CCNc1ncc(C(=O)NCc2ccccc2)cc1Cl. The van der Waals surface area contributed by atoms with E-state index in [4.69, 9.17) is 11.6 Å². The smallest absolute Gasteiger partial charge is 0.253 e. The van der Waals surface area contributed by atoms with Gasteiger partial charge in [0, 0.05) is 19.3 Å². The Bertz CT molecular complexity index is 587. The molecule has 2 aromatic rings. The largest absolute Gasteiger partial charge is 0.369 e. The summed E-state index contributed by atoms with van der Waals surface area (Å²) in [5.74, 6) is 0.403. The summed E-state index contributed by atoms with van der Waals surface area (Å²) in [5, 5.41) is 6.30. The molecular formula is C15H16ClN3O. The Hall–Kier alpha value is -2.07.